The second kappa shape index (κ2) is 8.60. The minimum atomic E-state index is -0.443. The van der Waals surface area contributed by atoms with E-state index in [2.05, 4.69) is 30.9 Å². The summed E-state index contributed by atoms with van der Waals surface area (Å²) in [6, 6.07) is 10.1. The van der Waals surface area contributed by atoms with Crippen LogP contribution in [0.25, 0.3) is 0 Å². The van der Waals surface area contributed by atoms with Crippen LogP contribution >= 0.6 is 0 Å². The molecule has 1 aromatic carbocycles. The van der Waals surface area contributed by atoms with Crippen molar-refractivity contribution < 1.29 is 14.7 Å². The van der Waals surface area contributed by atoms with E-state index in [0.29, 0.717) is 19.6 Å². The van der Waals surface area contributed by atoms with Crippen molar-refractivity contribution in [2.45, 2.75) is 38.7 Å². The first kappa shape index (κ1) is 17.4. The van der Waals surface area contributed by atoms with Gasteiger partial charge in [-0.1, -0.05) is 30.3 Å². The number of hydrogen-bond donors (Lipinski definition) is 1. The predicted octanol–water partition coefficient (Wildman–Crippen LogP) is 1.52. The molecule has 0 radical (unpaired) electrons. The summed E-state index contributed by atoms with van der Waals surface area (Å²) in [7, 11) is 1.65. The van der Waals surface area contributed by atoms with Crippen LogP contribution < -0.4 is 0 Å². The van der Waals surface area contributed by atoms with Crippen molar-refractivity contribution in [2.75, 3.05) is 33.3 Å². The molecular weight excluding hydrogens is 280 g/mol. The Morgan fingerprint density at radius 1 is 1.27 bits per heavy atom. The lowest BCUT2D eigenvalue weighted by Gasteiger charge is -2.36. The standard InChI is InChI=1S/C17H28N2O3/c1-14-9-18(10-15(2)22-14)12-17(20)13-19(21-3)11-16-7-5-4-6-8-16/h4-8,14-15,17,20H,9-13H2,1-3H3. The maximum atomic E-state index is 10.3. The lowest BCUT2D eigenvalue weighted by atomic mass is 10.2. The second-order valence-corrected chi connectivity index (χ2v) is 6.12. The molecular formula is C17H28N2O3. The molecule has 5 nitrogen and oxygen atoms in total. The van der Waals surface area contributed by atoms with Crippen molar-refractivity contribution in [3.8, 4) is 0 Å². The molecule has 1 saturated heterocycles. The number of β-amino-alcohol motifs (C(OH)–C–C–N with tert-alkyl or cyclic N) is 1. The minimum absolute atomic E-state index is 0.221. The van der Waals surface area contributed by atoms with Gasteiger partial charge in [-0.3, -0.25) is 4.90 Å². The maximum Gasteiger partial charge on any atom is 0.0817 e. The van der Waals surface area contributed by atoms with Gasteiger partial charge in [-0.25, -0.2) is 0 Å². The van der Waals surface area contributed by atoms with E-state index in [9.17, 15) is 5.11 Å². The van der Waals surface area contributed by atoms with Gasteiger partial charge in [-0.15, -0.1) is 0 Å². The fourth-order valence-electron chi connectivity index (χ4n) is 3.01. The SMILES string of the molecule is CON(Cc1ccccc1)CC(O)CN1CC(C)OC(C)C1. The summed E-state index contributed by atoms with van der Waals surface area (Å²) in [6.07, 6.45) is -0.00115. The zero-order chi connectivity index (χ0) is 15.9. The Bertz CT molecular complexity index is 419. The molecule has 2 rings (SSSR count). The molecule has 1 heterocycles. The number of nitrogens with zero attached hydrogens (tertiary/aromatic N) is 2. The smallest absolute Gasteiger partial charge is 0.0817 e. The van der Waals surface area contributed by atoms with Gasteiger partial charge in [0.1, 0.15) is 0 Å². The number of benzene rings is 1. The van der Waals surface area contributed by atoms with Crippen LogP contribution in [0.3, 0.4) is 0 Å². The molecule has 5 heteroatoms. The number of ether oxygens (including phenoxy) is 1. The number of hydroxylamine groups is 2. The van der Waals surface area contributed by atoms with Crippen LogP contribution in [0.4, 0.5) is 0 Å². The first-order valence-corrected chi connectivity index (χ1v) is 7.95. The zero-order valence-electron chi connectivity index (χ0n) is 13.8. The van der Waals surface area contributed by atoms with Crippen molar-refractivity contribution in [2.24, 2.45) is 0 Å². The van der Waals surface area contributed by atoms with Gasteiger partial charge in [0.2, 0.25) is 0 Å². The quantitative estimate of drug-likeness (QED) is 0.774. The number of aliphatic hydroxyl groups is 1. The minimum Gasteiger partial charge on any atom is -0.390 e. The summed E-state index contributed by atoms with van der Waals surface area (Å²) in [4.78, 5) is 7.65. The molecule has 0 aliphatic carbocycles. The average Bonchev–Trinajstić information content (AvgIpc) is 2.46. The van der Waals surface area contributed by atoms with E-state index in [1.165, 1.54) is 5.56 Å². The van der Waals surface area contributed by atoms with Crippen LogP contribution in [-0.4, -0.2) is 66.7 Å². The zero-order valence-corrected chi connectivity index (χ0v) is 13.8. The van der Waals surface area contributed by atoms with Gasteiger partial charge >= 0.3 is 0 Å². The molecule has 0 amide bonds. The van der Waals surface area contributed by atoms with Crippen LogP contribution in [0, 0.1) is 0 Å². The van der Waals surface area contributed by atoms with E-state index in [1.54, 1.807) is 12.2 Å². The molecule has 22 heavy (non-hydrogen) atoms. The summed E-state index contributed by atoms with van der Waals surface area (Å²) in [5.74, 6) is 0. The Kier molecular flexibility index (Phi) is 6.79. The molecule has 1 fully saturated rings. The summed E-state index contributed by atoms with van der Waals surface area (Å²) in [5, 5.41) is 12.1. The van der Waals surface area contributed by atoms with Crippen molar-refractivity contribution in [1.29, 1.82) is 0 Å². The average molecular weight is 308 g/mol. The van der Waals surface area contributed by atoms with Gasteiger partial charge in [-0.2, -0.15) is 5.06 Å². The fourth-order valence-corrected chi connectivity index (χ4v) is 3.01. The monoisotopic (exact) mass is 308 g/mol. The van der Waals surface area contributed by atoms with Crippen LogP contribution in [0.1, 0.15) is 19.4 Å². The van der Waals surface area contributed by atoms with E-state index < -0.39 is 6.10 Å². The third-order valence-corrected chi connectivity index (χ3v) is 3.84. The molecule has 1 N–H and O–H groups in total. The Balaban J connectivity index is 1.80. The van der Waals surface area contributed by atoms with Crippen LogP contribution in [0.2, 0.25) is 0 Å². The molecule has 1 aliphatic heterocycles. The van der Waals surface area contributed by atoms with Crippen molar-refractivity contribution >= 4 is 0 Å². The van der Waals surface area contributed by atoms with Crippen LogP contribution in [-0.2, 0) is 16.1 Å². The normalized spacial score (nSPS) is 24.6. The number of morpholine rings is 1. The molecule has 0 spiro atoms. The van der Waals surface area contributed by atoms with Gasteiger partial charge in [0.15, 0.2) is 0 Å². The molecule has 0 bridgehead atoms. The summed E-state index contributed by atoms with van der Waals surface area (Å²) in [5.41, 5.74) is 1.17. The molecule has 1 aromatic rings. The third-order valence-electron chi connectivity index (χ3n) is 3.84. The molecule has 3 atom stereocenters. The van der Waals surface area contributed by atoms with E-state index in [4.69, 9.17) is 9.57 Å². The fraction of sp³-hybridized carbons (Fsp3) is 0.647. The maximum absolute atomic E-state index is 10.3. The second-order valence-electron chi connectivity index (χ2n) is 6.12. The van der Waals surface area contributed by atoms with Crippen molar-refractivity contribution in [3.63, 3.8) is 0 Å². The van der Waals surface area contributed by atoms with Gasteiger partial charge in [0.05, 0.1) is 32.0 Å². The van der Waals surface area contributed by atoms with Crippen LogP contribution in [0.5, 0.6) is 0 Å². The Morgan fingerprint density at radius 3 is 2.50 bits per heavy atom. The number of aliphatic hydroxyl groups excluding tert-OH is 1. The van der Waals surface area contributed by atoms with Crippen LogP contribution in [0.15, 0.2) is 30.3 Å². The van der Waals surface area contributed by atoms with E-state index in [1.807, 2.05) is 18.2 Å². The summed E-state index contributed by atoms with van der Waals surface area (Å²) >= 11 is 0. The molecule has 0 aromatic heterocycles. The first-order valence-electron chi connectivity index (χ1n) is 7.95. The lowest BCUT2D eigenvalue weighted by Crippen LogP contribution is -2.49. The highest BCUT2D eigenvalue weighted by molar-refractivity contribution is 5.14. The Hall–Kier alpha value is -0.980. The summed E-state index contributed by atoms with van der Waals surface area (Å²) < 4.78 is 5.72. The largest absolute Gasteiger partial charge is 0.390 e. The highest BCUT2D eigenvalue weighted by Gasteiger charge is 2.24. The van der Waals surface area contributed by atoms with Gasteiger partial charge in [-0.05, 0) is 19.4 Å². The molecule has 1 aliphatic rings. The van der Waals surface area contributed by atoms with Crippen molar-refractivity contribution in [1.82, 2.24) is 9.96 Å². The first-order chi connectivity index (χ1) is 10.6. The van der Waals surface area contributed by atoms with E-state index >= 15 is 0 Å². The highest BCUT2D eigenvalue weighted by Crippen LogP contribution is 2.12. The van der Waals surface area contributed by atoms with Crippen molar-refractivity contribution in [3.05, 3.63) is 35.9 Å². The predicted molar refractivity (Wildman–Crippen MR) is 86.3 cm³/mol. The van der Waals surface area contributed by atoms with Gasteiger partial charge in [0.25, 0.3) is 0 Å². The van der Waals surface area contributed by atoms with Gasteiger partial charge < -0.3 is 14.7 Å². The van der Waals surface area contributed by atoms with Gasteiger partial charge in [0, 0.05) is 26.2 Å². The van der Waals surface area contributed by atoms with E-state index in [-0.39, 0.29) is 12.2 Å². The number of rotatable bonds is 7. The number of hydrogen-bond acceptors (Lipinski definition) is 5. The molecule has 124 valence electrons. The highest BCUT2D eigenvalue weighted by atomic mass is 16.7. The third kappa shape index (κ3) is 5.66. The molecule has 0 saturated carbocycles. The molecule has 3 unspecified atom stereocenters. The summed E-state index contributed by atoms with van der Waals surface area (Å²) in [6.45, 7) is 7.69. The Morgan fingerprint density at radius 2 is 1.91 bits per heavy atom. The van der Waals surface area contributed by atoms with E-state index in [0.717, 1.165) is 13.1 Å². The Labute approximate surface area is 133 Å². The topological polar surface area (TPSA) is 45.2 Å². The lowest BCUT2D eigenvalue weighted by molar-refractivity contribution is -0.159.